The van der Waals surface area contributed by atoms with Gasteiger partial charge >= 0.3 is 0 Å². The third-order valence-electron chi connectivity index (χ3n) is 3.27. The van der Waals surface area contributed by atoms with Crippen LogP contribution in [0.1, 0.15) is 31.2 Å². The first-order valence-electron chi connectivity index (χ1n) is 6.39. The number of carbonyl (C=O) groups excluding carboxylic acids is 1. The average molecular weight is 301 g/mol. The zero-order chi connectivity index (χ0) is 13.8. The molecule has 0 spiro atoms. The maximum atomic E-state index is 12.1. The molecule has 19 heavy (non-hydrogen) atoms. The van der Waals surface area contributed by atoms with E-state index < -0.39 is 10.8 Å². The topological polar surface area (TPSA) is 55.4 Å². The van der Waals surface area contributed by atoms with Gasteiger partial charge in [-0.05, 0) is 31.7 Å². The van der Waals surface area contributed by atoms with Gasteiger partial charge in [-0.3, -0.25) is 9.00 Å². The fourth-order valence-electron chi connectivity index (χ4n) is 2.19. The molecular formula is C13H19NO3S2. The molecule has 0 saturated carbocycles. The highest BCUT2D eigenvalue weighted by molar-refractivity contribution is 7.86. The summed E-state index contributed by atoms with van der Waals surface area (Å²) in [6, 6.07) is 3.92. The van der Waals surface area contributed by atoms with Crippen molar-refractivity contribution in [1.29, 1.82) is 0 Å². The number of thiophene rings is 1. The highest BCUT2D eigenvalue weighted by Crippen LogP contribution is 2.20. The summed E-state index contributed by atoms with van der Waals surface area (Å²) in [5.41, 5.74) is 0. The van der Waals surface area contributed by atoms with Crippen LogP contribution in [-0.4, -0.2) is 33.8 Å². The molecule has 106 valence electrons. The summed E-state index contributed by atoms with van der Waals surface area (Å²) in [4.78, 5) is 13.0. The predicted molar refractivity (Wildman–Crippen MR) is 77.7 cm³/mol. The first-order valence-corrected chi connectivity index (χ1v) is 8.65. The van der Waals surface area contributed by atoms with Crippen LogP contribution in [0.2, 0.25) is 0 Å². The Kier molecular flexibility index (Phi) is 5.13. The zero-order valence-electron chi connectivity index (χ0n) is 11.1. The highest BCUT2D eigenvalue weighted by Gasteiger charge is 2.30. The quantitative estimate of drug-likeness (QED) is 0.903. The summed E-state index contributed by atoms with van der Waals surface area (Å²) in [5, 5.41) is 4.86. The fourth-order valence-corrected chi connectivity index (χ4v) is 4.34. The largest absolute Gasteiger partial charge is 0.377 e. The fraction of sp³-hybridized carbons (Fsp3) is 0.615. The van der Waals surface area contributed by atoms with E-state index in [4.69, 9.17) is 4.74 Å². The molecule has 1 aromatic rings. The van der Waals surface area contributed by atoms with Gasteiger partial charge in [-0.1, -0.05) is 6.07 Å². The van der Waals surface area contributed by atoms with Crippen molar-refractivity contribution in [2.24, 2.45) is 0 Å². The van der Waals surface area contributed by atoms with Crippen molar-refractivity contribution in [3.05, 3.63) is 22.4 Å². The van der Waals surface area contributed by atoms with Crippen molar-refractivity contribution in [2.75, 3.05) is 12.4 Å². The van der Waals surface area contributed by atoms with Gasteiger partial charge in [0.15, 0.2) is 0 Å². The van der Waals surface area contributed by atoms with Crippen LogP contribution < -0.4 is 5.32 Å². The van der Waals surface area contributed by atoms with Crippen LogP contribution >= 0.6 is 11.3 Å². The molecule has 1 N–H and O–H groups in total. The van der Waals surface area contributed by atoms with Gasteiger partial charge in [0, 0.05) is 22.3 Å². The maximum absolute atomic E-state index is 12.1. The Morgan fingerprint density at radius 2 is 2.47 bits per heavy atom. The van der Waals surface area contributed by atoms with Gasteiger partial charge in [-0.25, -0.2) is 0 Å². The molecule has 0 unspecified atom stereocenters. The molecule has 0 aliphatic carbocycles. The van der Waals surface area contributed by atoms with Gasteiger partial charge in [0.2, 0.25) is 5.91 Å². The van der Waals surface area contributed by atoms with Crippen LogP contribution in [0.4, 0.5) is 0 Å². The monoisotopic (exact) mass is 301 g/mol. The van der Waals surface area contributed by atoms with Crippen LogP contribution in [0, 0.1) is 0 Å². The van der Waals surface area contributed by atoms with Crippen LogP contribution in [0.25, 0.3) is 0 Å². The SMILES string of the molecule is C[C@H](NC(=O)C[S@@](=O)[C@@H]1CCO[C@@H]1C)c1cccs1. The molecule has 1 aromatic heterocycles. The number of rotatable bonds is 5. The van der Waals surface area contributed by atoms with E-state index in [1.807, 2.05) is 31.4 Å². The van der Waals surface area contributed by atoms with Crippen LogP contribution in [0.5, 0.6) is 0 Å². The van der Waals surface area contributed by atoms with E-state index in [2.05, 4.69) is 5.32 Å². The molecule has 1 aliphatic rings. The molecule has 0 radical (unpaired) electrons. The van der Waals surface area contributed by atoms with Crippen molar-refractivity contribution in [3.8, 4) is 0 Å². The lowest BCUT2D eigenvalue weighted by molar-refractivity contribution is -0.119. The highest BCUT2D eigenvalue weighted by atomic mass is 32.2. The third-order valence-corrected chi connectivity index (χ3v) is 6.16. The van der Waals surface area contributed by atoms with Crippen molar-refractivity contribution >= 4 is 28.0 Å². The van der Waals surface area contributed by atoms with Crippen molar-refractivity contribution in [1.82, 2.24) is 5.32 Å². The summed E-state index contributed by atoms with van der Waals surface area (Å²) >= 11 is 1.61. The van der Waals surface area contributed by atoms with E-state index in [9.17, 15) is 9.00 Å². The Morgan fingerprint density at radius 1 is 1.68 bits per heavy atom. The molecule has 1 fully saturated rings. The third kappa shape index (κ3) is 3.87. The van der Waals surface area contributed by atoms with E-state index in [-0.39, 0.29) is 29.1 Å². The summed E-state index contributed by atoms with van der Waals surface area (Å²) in [6.07, 6.45) is 0.769. The molecule has 4 atom stereocenters. The number of amides is 1. The van der Waals surface area contributed by atoms with Gasteiger partial charge in [-0.2, -0.15) is 0 Å². The Bertz CT molecular complexity index is 447. The predicted octanol–water partition coefficient (Wildman–Crippen LogP) is 1.85. The van der Waals surface area contributed by atoms with E-state index >= 15 is 0 Å². The normalized spacial score (nSPS) is 26.0. The Balaban J connectivity index is 1.82. The van der Waals surface area contributed by atoms with E-state index in [0.717, 1.165) is 11.3 Å². The molecule has 2 heterocycles. The second-order valence-corrected chi connectivity index (χ2v) is 7.37. The van der Waals surface area contributed by atoms with E-state index in [1.165, 1.54) is 0 Å². The lowest BCUT2D eigenvalue weighted by Gasteiger charge is -2.15. The summed E-state index contributed by atoms with van der Waals surface area (Å²) in [7, 11) is -1.15. The van der Waals surface area contributed by atoms with Gasteiger partial charge in [-0.15, -0.1) is 11.3 Å². The smallest absolute Gasteiger partial charge is 0.233 e. The van der Waals surface area contributed by atoms with Crippen LogP contribution in [0.15, 0.2) is 17.5 Å². The molecule has 0 aromatic carbocycles. The van der Waals surface area contributed by atoms with Gasteiger partial charge in [0.05, 0.1) is 17.4 Å². The number of ether oxygens (including phenoxy) is 1. The van der Waals surface area contributed by atoms with Crippen LogP contribution in [0.3, 0.4) is 0 Å². The Labute approximate surface area is 120 Å². The summed E-state index contributed by atoms with van der Waals surface area (Å²) < 4.78 is 17.5. The van der Waals surface area contributed by atoms with E-state index in [1.54, 1.807) is 11.3 Å². The molecule has 1 amide bonds. The molecule has 1 saturated heterocycles. The average Bonchev–Trinajstić information content (AvgIpc) is 2.98. The number of carbonyl (C=O) groups is 1. The second kappa shape index (κ2) is 6.63. The van der Waals surface area contributed by atoms with E-state index in [0.29, 0.717) is 6.61 Å². The lowest BCUT2D eigenvalue weighted by atomic mass is 10.3. The minimum atomic E-state index is -1.15. The van der Waals surface area contributed by atoms with Crippen molar-refractivity contribution in [3.63, 3.8) is 0 Å². The standard InChI is InChI=1S/C13H19NO3S2/c1-9(11-4-3-7-18-11)14-13(15)8-19(16)12-5-6-17-10(12)2/h3-4,7,9-10,12H,5-6,8H2,1-2H3,(H,14,15)/t9-,10+,12+,19+/m0/s1. The molecule has 4 nitrogen and oxygen atoms in total. The van der Waals surface area contributed by atoms with Gasteiger partial charge in [0.25, 0.3) is 0 Å². The van der Waals surface area contributed by atoms with Crippen molar-refractivity contribution in [2.45, 2.75) is 37.7 Å². The summed E-state index contributed by atoms with van der Waals surface area (Å²) in [6.45, 7) is 4.50. The number of hydrogen-bond acceptors (Lipinski definition) is 4. The van der Waals surface area contributed by atoms with Crippen molar-refractivity contribution < 1.29 is 13.7 Å². The molecule has 0 bridgehead atoms. The minimum Gasteiger partial charge on any atom is -0.377 e. The molecule has 2 rings (SSSR count). The minimum absolute atomic E-state index is 0.0108. The Hall–Kier alpha value is -0.720. The van der Waals surface area contributed by atoms with Gasteiger partial charge < -0.3 is 10.1 Å². The first kappa shape index (κ1) is 14.7. The Morgan fingerprint density at radius 3 is 3.05 bits per heavy atom. The zero-order valence-corrected chi connectivity index (χ0v) is 12.8. The first-order chi connectivity index (χ1) is 9.08. The maximum Gasteiger partial charge on any atom is 0.233 e. The molecule has 6 heteroatoms. The van der Waals surface area contributed by atoms with Crippen LogP contribution in [-0.2, 0) is 20.3 Å². The molecular weight excluding hydrogens is 282 g/mol. The molecule has 1 aliphatic heterocycles. The lowest BCUT2D eigenvalue weighted by Crippen LogP contribution is -2.35. The second-order valence-electron chi connectivity index (χ2n) is 4.73. The summed E-state index contributed by atoms with van der Waals surface area (Å²) in [5.74, 6) is -0.0907. The number of nitrogens with one attached hydrogen (secondary N) is 1. The number of hydrogen-bond donors (Lipinski definition) is 1. The van der Waals surface area contributed by atoms with Gasteiger partial charge in [0.1, 0.15) is 5.75 Å².